The number of benzene rings is 1. The van der Waals surface area contributed by atoms with E-state index in [1.807, 2.05) is 37.4 Å². The normalized spacial score (nSPS) is 10.3. The van der Waals surface area contributed by atoms with Crippen LogP contribution in [-0.4, -0.2) is 19.6 Å². The zero-order chi connectivity index (χ0) is 14.7. The number of amides is 1. The zero-order valence-corrected chi connectivity index (χ0v) is 12.6. The Morgan fingerprint density at radius 1 is 1.45 bits per heavy atom. The minimum absolute atomic E-state index is 0.130. The van der Waals surface area contributed by atoms with Crippen molar-refractivity contribution in [1.29, 1.82) is 0 Å². The molecule has 106 valence electrons. The third-order valence-electron chi connectivity index (χ3n) is 3.09. The van der Waals surface area contributed by atoms with E-state index in [1.54, 1.807) is 7.11 Å². The molecule has 1 heterocycles. The number of nitrogens with one attached hydrogen (secondary N) is 1. The number of carbonyl (C=O) groups is 1. The van der Waals surface area contributed by atoms with Crippen LogP contribution >= 0.6 is 11.3 Å². The van der Waals surface area contributed by atoms with Crippen molar-refractivity contribution in [3.63, 3.8) is 0 Å². The second kappa shape index (κ2) is 5.96. The highest BCUT2D eigenvalue weighted by Crippen LogP contribution is 2.35. The number of hydrogen-bond donors (Lipinski definition) is 2. The first kappa shape index (κ1) is 14.4. The number of nitrogen functional groups attached to an aromatic ring is 1. The SMILES string of the molecule is CCNC(=O)c1c(-c2ccc(OC)c(C)c2)csc1N. The van der Waals surface area contributed by atoms with Crippen LogP contribution in [0.2, 0.25) is 0 Å². The standard InChI is InChI=1S/C15H18N2O2S/c1-4-17-15(18)13-11(8-20-14(13)16)10-5-6-12(19-3)9(2)7-10/h5-8H,4,16H2,1-3H3,(H,17,18). The smallest absolute Gasteiger partial charge is 0.254 e. The summed E-state index contributed by atoms with van der Waals surface area (Å²) in [5.74, 6) is 0.700. The molecule has 2 rings (SSSR count). The van der Waals surface area contributed by atoms with Crippen LogP contribution in [-0.2, 0) is 0 Å². The van der Waals surface area contributed by atoms with Gasteiger partial charge in [0, 0.05) is 17.5 Å². The van der Waals surface area contributed by atoms with Crippen molar-refractivity contribution in [1.82, 2.24) is 5.32 Å². The predicted molar refractivity (Wildman–Crippen MR) is 83.5 cm³/mol. The van der Waals surface area contributed by atoms with Crippen LogP contribution in [0.25, 0.3) is 11.1 Å². The number of hydrogen-bond acceptors (Lipinski definition) is 4. The van der Waals surface area contributed by atoms with E-state index in [0.717, 1.165) is 22.4 Å². The summed E-state index contributed by atoms with van der Waals surface area (Å²) in [5, 5.41) is 5.26. The number of ether oxygens (including phenoxy) is 1. The van der Waals surface area contributed by atoms with Gasteiger partial charge in [-0.1, -0.05) is 6.07 Å². The molecule has 4 nitrogen and oxygen atoms in total. The van der Waals surface area contributed by atoms with E-state index in [-0.39, 0.29) is 5.91 Å². The van der Waals surface area contributed by atoms with E-state index in [1.165, 1.54) is 11.3 Å². The van der Waals surface area contributed by atoms with E-state index in [4.69, 9.17) is 10.5 Å². The molecular formula is C15H18N2O2S. The van der Waals surface area contributed by atoms with Gasteiger partial charge in [0.15, 0.2) is 0 Å². The Morgan fingerprint density at radius 3 is 2.80 bits per heavy atom. The minimum atomic E-state index is -0.130. The van der Waals surface area contributed by atoms with E-state index in [9.17, 15) is 4.79 Å². The lowest BCUT2D eigenvalue weighted by Gasteiger charge is -2.09. The van der Waals surface area contributed by atoms with Crippen molar-refractivity contribution in [2.45, 2.75) is 13.8 Å². The molecule has 3 N–H and O–H groups in total. The number of methoxy groups -OCH3 is 1. The highest BCUT2D eigenvalue weighted by Gasteiger charge is 2.18. The Bertz CT molecular complexity index is 635. The van der Waals surface area contributed by atoms with E-state index in [2.05, 4.69) is 5.32 Å². The third-order valence-corrected chi connectivity index (χ3v) is 3.90. The van der Waals surface area contributed by atoms with Crippen molar-refractivity contribution in [3.8, 4) is 16.9 Å². The monoisotopic (exact) mass is 290 g/mol. The summed E-state index contributed by atoms with van der Waals surface area (Å²) in [6.07, 6.45) is 0. The molecule has 1 amide bonds. The first-order valence-corrected chi connectivity index (χ1v) is 7.26. The summed E-state index contributed by atoms with van der Waals surface area (Å²) in [6.45, 7) is 4.44. The second-order valence-electron chi connectivity index (χ2n) is 4.43. The number of anilines is 1. The molecule has 5 heteroatoms. The summed E-state index contributed by atoms with van der Waals surface area (Å²) in [6, 6.07) is 5.85. The van der Waals surface area contributed by atoms with Crippen molar-refractivity contribution in [2.75, 3.05) is 19.4 Å². The van der Waals surface area contributed by atoms with Crippen LogP contribution in [0.15, 0.2) is 23.6 Å². The molecule has 0 aliphatic carbocycles. The molecule has 0 fully saturated rings. The molecular weight excluding hydrogens is 272 g/mol. The molecule has 0 unspecified atom stereocenters. The Hall–Kier alpha value is -2.01. The molecule has 0 spiro atoms. The number of aryl methyl sites for hydroxylation is 1. The summed E-state index contributed by atoms with van der Waals surface area (Å²) < 4.78 is 5.26. The third kappa shape index (κ3) is 2.63. The van der Waals surface area contributed by atoms with E-state index in [0.29, 0.717) is 17.1 Å². The summed E-state index contributed by atoms with van der Waals surface area (Å²) in [7, 11) is 1.64. The number of rotatable bonds is 4. The fourth-order valence-electron chi connectivity index (χ4n) is 2.11. The number of thiophene rings is 1. The maximum absolute atomic E-state index is 12.1. The van der Waals surface area contributed by atoms with Gasteiger partial charge in [-0.05, 0) is 37.1 Å². The van der Waals surface area contributed by atoms with Crippen LogP contribution in [0.1, 0.15) is 22.8 Å². The van der Waals surface area contributed by atoms with E-state index < -0.39 is 0 Å². The summed E-state index contributed by atoms with van der Waals surface area (Å²) >= 11 is 1.38. The van der Waals surface area contributed by atoms with Gasteiger partial charge in [0.2, 0.25) is 0 Å². The molecule has 0 saturated carbocycles. The zero-order valence-electron chi connectivity index (χ0n) is 11.8. The van der Waals surface area contributed by atoms with Crippen LogP contribution in [0.4, 0.5) is 5.00 Å². The molecule has 0 atom stereocenters. The van der Waals surface area contributed by atoms with Crippen molar-refractivity contribution in [2.24, 2.45) is 0 Å². The lowest BCUT2D eigenvalue weighted by molar-refractivity contribution is 0.0957. The van der Waals surface area contributed by atoms with Gasteiger partial charge in [0.1, 0.15) is 5.75 Å². The predicted octanol–water partition coefficient (Wildman–Crippen LogP) is 3.06. The summed E-state index contributed by atoms with van der Waals surface area (Å²) in [5.41, 5.74) is 9.35. The minimum Gasteiger partial charge on any atom is -0.496 e. The highest BCUT2D eigenvalue weighted by atomic mass is 32.1. The number of carbonyl (C=O) groups excluding carboxylic acids is 1. The highest BCUT2D eigenvalue weighted by molar-refractivity contribution is 7.15. The van der Waals surface area contributed by atoms with Crippen LogP contribution in [0.3, 0.4) is 0 Å². The molecule has 1 aromatic heterocycles. The van der Waals surface area contributed by atoms with Crippen molar-refractivity contribution < 1.29 is 9.53 Å². The number of nitrogens with two attached hydrogens (primary N) is 1. The Labute approximate surface area is 122 Å². The fourth-order valence-corrected chi connectivity index (χ4v) is 2.93. The lowest BCUT2D eigenvalue weighted by Crippen LogP contribution is -2.23. The van der Waals surface area contributed by atoms with Gasteiger partial charge < -0.3 is 15.8 Å². The average Bonchev–Trinajstić information content (AvgIpc) is 2.81. The molecule has 0 saturated heterocycles. The van der Waals surface area contributed by atoms with Gasteiger partial charge in [-0.3, -0.25) is 4.79 Å². The molecule has 1 aromatic carbocycles. The first-order chi connectivity index (χ1) is 9.58. The first-order valence-electron chi connectivity index (χ1n) is 6.38. The average molecular weight is 290 g/mol. The molecule has 0 radical (unpaired) electrons. The van der Waals surface area contributed by atoms with Gasteiger partial charge in [-0.2, -0.15) is 0 Å². The lowest BCUT2D eigenvalue weighted by atomic mass is 10.0. The quantitative estimate of drug-likeness (QED) is 0.909. The molecule has 0 bridgehead atoms. The molecule has 0 aliphatic heterocycles. The van der Waals surface area contributed by atoms with Gasteiger partial charge in [0.05, 0.1) is 17.7 Å². The topological polar surface area (TPSA) is 64.3 Å². The maximum Gasteiger partial charge on any atom is 0.254 e. The molecule has 0 aliphatic rings. The molecule has 2 aromatic rings. The second-order valence-corrected chi connectivity index (χ2v) is 5.34. The van der Waals surface area contributed by atoms with Crippen molar-refractivity contribution in [3.05, 3.63) is 34.7 Å². The van der Waals surface area contributed by atoms with Gasteiger partial charge in [0.25, 0.3) is 5.91 Å². The van der Waals surface area contributed by atoms with Crippen LogP contribution in [0, 0.1) is 6.92 Å². The Morgan fingerprint density at radius 2 is 2.20 bits per heavy atom. The van der Waals surface area contributed by atoms with Crippen molar-refractivity contribution >= 4 is 22.2 Å². The summed E-state index contributed by atoms with van der Waals surface area (Å²) in [4.78, 5) is 12.1. The van der Waals surface area contributed by atoms with E-state index >= 15 is 0 Å². The van der Waals surface area contributed by atoms with Gasteiger partial charge >= 0.3 is 0 Å². The molecule has 20 heavy (non-hydrogen) atoms. The maximum atomic E-state index is 12.1. The van der Waals surface area contributed by atoms with Gasteiger partial charge in [-0.15, -0.1) is 11.3 Å². The van der Waals surface area contributed by atoms with Crippen LogP contribution in [0.5, 0.6) is 5.75 Å². The van der Waals surface area contributed by atoms with Crippen LogP contribution < -0.4 is 15.8 Å². The Kier molecular flexibility index (Phi) is 4.29. The largest absolute Gasteiger partial charge is 0.496 e. The Balaban J connectivity index is 2.48. The fraction of sp³-hybridized carbons (Fsp3) is 0.267. The van der Waals surface area contributed by atoms with Gasteiger partial charge in [-0.25, -0.2) is 0 Å².